The van der Waals surface area contributed by atoms with Crippen LogP contribution < -0.4 is 0 Å². The van der Waals surface area contributed by atoms with Crippen molar-refractivity contribution in [3.63, 3.8) is 0 Å². The maximum absolute atomic E-state index is 14.6. The van der Waals surface area contributed by atoms with E-state index in [0.29, 0.717) is 10.0 Å². The standard InChI is InChI=1S/C16H14BrFO/c1-2-6-14(19)15-13(17)10-9-12(16(15)18)11-7-4-3-5-8-11/h2-10,14,19H,1H3/b6-2+. The average Bonchev–Trinajstić information content (AvgIpc) is 2.40. The molecule has 3 heteroatoms. The molecule has 0 amide bonds. The second-order valence-electron chi connectivity index (χ2n) is 4.16. The molecule has 0 radical (unpaired) electrons. The van der Waals surface area contributed by atoms with Crippen molar-refractivity contribution in [1.82, 2.24) is 0 Å². The molecule has 1 N–H and O–H groups in total. The van der Waals surface area contributed by atoms with Crippen LogP contribution in [0, 0.1) is 5.82 Å². The Labute approximate surface area is 120 Å². The highest BCUT2D eigenvalue weighted by Gasteiger charge is 2.18. The van der Waals surface area contributed by atoms with E-state index in [0.717, 1.165) is 5.56 Å². The number of benzene rings is 2. The van der Waals surface area contributed by atoms with E-state index in [1.807, 2.05) is 30.3 Å². The summed E-state index contributed by atoms with van der Waals surface area (Å²) in [5, 5.41) is 10.00. The summed E-state index contributed by atoms with van der Waals surface area (Å²) in [5.74, 6) is -0.397. The van der Waals surface area contributed by atoms with E-state index >= 15 is 0 Å². The minimum atomic E-state index is -0.956. The molecule has 0 aliphatic carbocycles. The summed E-state index contributed by atoms with van der Waals surface area (Å²) in [6.45, 7) is 1.79. The number of halogens is 2. The molecule has 0 aromatic heterocycles. The van der Waals surface area contributed by atoms with Gasteiger partial charge in [0.05, 0.1) is 0 Å². The van der Waals surface area contributed by atoms with Crippen molar-refractivity contribution in [3.8, 4) is 11.1 Å². The third-order valence-corrected chi connectivity index (χ3v) is 3.57. The van der Waals surface area contributed by atoms with Crippen LogP contribution in [0.25, 0.3) is 11.1 Å². The van der Waals surface area contributed by atoms with Crippen LogP contribution in [-0.4, -0.2) is 5.11 Å². The van der Waals surface area contributed by atoms with E-state index in [1.54, 1.807) is 31.2 Å². The van der Waals surface area contributed by atoms with Crippen LogP contribution in [0.4, 0.5) is 4.39 Å². The number of hydrogen-bond donors (Lipinski definition) is 1. The van der Waals surface area contributed by atoms with Crippen LogP contribution in [0.5, 0.6) is 0 Å². The molecule has 2 aromatic carbocycles. The van der Waals surface area contributed by atoms with Crippen molar-refractivity contribution in [1.29, 1.82) is 0 Å². The second kappa shape index (κ2) is 6.13. The summed E-state index contributed by atoms with van der Waals surface area (Å²) < 4.78 is 15.1. The molecule has 0 bridgehead atoms. The van der Waals surface area contributed by atoms with Gasteiger partial charge in [-0.15, -0.1) is 0 Å². The van der Waals surface area contributed by atoms with Crippen LogP contribution >= 0.6 is 15.9 Å². The molecule has 0 fully saturated rings. The van der Waals surface area contributed by atoms with Crippen molar-refractivity contribution in [2.45, 2.75) is 13.0 Å². The van der Waals surface area contributed by atoms with Gasteiger partial charge in [0, 0.05) is 15.6 Å². The van der Waals surface area contributed by atoms with Gasteiger partial charge in [-0.3, -0.25) is 0 Å². The molecular weight excluding hydrogens is 307 g/mol. The van der Waals surface area contributed by atoms with Gasteiger partial charge in [-0.05, 0) is 18.6 Å². The van der Waals surface area contributed by atoms with Gasteiger partial charge in [-0.25, -0.2) is 4.39 Å². The fraction of sp³-hybridized carbons (Fsp3) is 0.125. The first-order valence-electron chi connectivity index (χ1n) is 5.99. The third-order valence-electron chi connectivity index (χ3n) is 2.88. The fourth-order valence-corrected chi connectivity index (χ4v) is 2.50. The SMILES string of the molecule is C/C=C/C(O)c1c(Br)ccc(-c2ccccc2)c1F. The van der Waals surface area contributed by atoms with Crippen LogP contribution in [0.2, 0.25) is 0 Å². The van der Waals surface area contributed by atoms with Gasteiger partial charge in [0.15, 0.2) is 0 Å². The summed E-state index contributed by atoms with van der Waals surface area (Å²) in [4.78, 5) is 0. The molecule has 0 heterocycles. The van der Waals surface area contributed by atoms with E-state index in [4.69, 9.17) is 0 Å². The Bertz CT molecular complexity index is 593. The number of aliphatic hydroxyl groups is 1. The summed E-state index contributed by atoms with van der Waals surface area (Å²) in [6, 6.07) is 12.8. The Morgan fingerprint density at radius 2 is 1.84 bits per heavy atom. The van der Waals surface area contributed by atoms with Gasteiger partial charge in [0.1, 0.15) is 11.9 Å². The zero-order valence-electron chi connectivity index (χ0n) is 10.5. The van der Waals surface area contributed by atoms with Gasteiger partial charge in [0.25, 0.3) is 0 Å². The lowest BCUT2D eigenvalue weighted by atomic mass is 9.99. The Kier molecular flexibility index (Phi) is 4.51. The van der Waals surface area contributed by atoms with E-state index in [-0.39, 0.29) is 5.56 Å². The molecule has 1 atom stereocenters. The predicted molar refractivity (Wildman–Crippen MR) is 79.3 cm³/mol. The molecule has 0 aliphatic rings. The van der Waals surface area contributed by atoms with Crippen molar-refractivity contribution < 1.29 is 9.50 Å². The number of hydrogen-bond acceptors (Lipinski definition) is 1. The Morgan fingerprint density at radius 3 is 2.47 bits per heavy atom. The highest BCUT2D eigenvalue weighted by atomic mass is 79.9. The fourth-order valence-electron chi connectivity index (χ4n) is 1.96. The van der Waals surface area contributed by atoms with Crippen LogP contribution in [0.15, 0.2) is 59.1 Å². The molecule has 1 unspecified atom stereocenters. The second-order valence-corrected chi connectivity index (χ2v) is 5.01. The largest absolute Gasteiger partial charge is 0.384 e. The van der Waals surface area contributed by atoms with Crippen molar-refractivity contribution in [2.24, 2.45) is 0 Å². The van der Waals surface area contributed by atoms with E-state index in [2.05, 4.69) is 15.9 Å². The van der Waals surface area contributed by atoms with E-state index < -0.39 is 11.9 Å². The molecule has 0 spiro atoms. The van der Waals surface area contributed by atoms with Gasteiger partial charge in [0.2, 0.25) is 0 Å². The number of allylic oxidation sites excluding steroid dienone is 1. The molecule has 19 heavy (non-hydrogen) atoms. The Hall–Kier alpha value is -1.45. The molecule has 2 aromatic rings. The van der Waals surface area contributed by atoms with Crippen molar-refractivity contribution >= 4 is 15.9 Å². The summed E-state index contributed by atoms with van der Waals surface area (Å²) in [6.07, 6.45) is 2.30. The van der Waals surface area contributed by atoms with Gasteiger partial charge >= 0.3 is 0 Å². The number of aliphatic hydroxyl groups excluding tert-OH is 1. The highest BCUT2D eigenvalue weighted by molar-refractivity contribution is 9.10. The summed E-state index contributed by atoms with van der Waals surface area (Å²) in [5.41, 5.74) is 1.54. The smallest absolute Gasteiger partial charge is 0.138 e. The van der Waals surface area contributed by atoms with Gasteiger partial charge in [-0.2, -0.15) is 0 Å². The summed E-state index contributed by atoms with van der Waals surface area (Å²) >= 11 is 3.29. The molecular formula is C16H14BrFO. The maximum Gasteiger partial charge on any atom is 0.138 e. The van der Waals surface area contributed by atoms with Crippen LogP contribution in [-0.2, 0) is 0 Å². The first-order chi connectivity index (χ1) is 9.15. The first kappa shape index (κ1) is 14.0. The lowest BCUT2D eigenvalue weighted by molar-refractivity contribution is 0.222. The minimum Gasteiger partial charge on any atom is -0.384 e. The first-order valence-corrected chi connectivity index (χ1v) is 6.78. The third kappa shape index (κ3) is 2.94. The average molecular weight is 321 g/mol. The highest BCUT2D eigenvalue weighted by Crippen LogP contribution is 2.33. The lowest BCUT2D eigenvalue weighted by Crippen LogP contribution is -2.01. The van der Waals surface area contributed by atoms with Gasteiger partial charge < -0.3 is 5.11 Å². The predicted octanol–water partition coefficient (Wildman–Crippen LogP) is 4.86. The van der Waals surface area contributed by atoms with Crippen LogP contribution in [0.1, 0.15) is 18.6 Å². The Balaban J connectivity index is 2.58. The van der Waals surface area contributed by atoms with Crippen molar-refractivity contribution in [3.05, 3.63) is 70.5 Å². The van der Waals surface area contributed by atoms with E-state index in [9.17, 15) is 9.50 Å². The number of rotatable bonds is 3. The Morgan fingerprint density at radius 1 is 1.16 bits per heavy atom. The molecule has 0 aliphatic heterocycles. The molecule has 0 saturated carbocycles. The van der Waals surface area contributed by atoms with Gasteiger partial charge in [-0.1, -0.05) is 64.5 Å². The topological polar surface area (TPSA) is 20.2 Å². The van der Waals surface area contributed by atoms with Crippen molar-refractivity contribution in [2.75, 3.05) is 0 Å². The monoisotopic (exact) mass is 320 g/mol. The minimum absolute atomic E-state index is 0.263. The molecule has 1 nitrogen and oxygen atoms in total. The zero-order chi connectivity index (χ0) is 13.8. The lowest BCUT2D eigenvalue weighted by Gasteiger charge is -2.13. The maximum atomic E-state index is 14.6. The summed E-state index contributed by atoms with van der Waals surface area (Å²) in [7, 11) is 0. The quantitative estimate of drug-likeness (QED) is 0.800. The normalized spacial score (nSPS) is 12.8. The molecule has 0 saturated heterocycles. The van der Waals surface area contributed by atoms with Crippen LogP contribution in [0.3, 0.4) is 0 Å². The molecule has 2 rings (SSSR count). The van der Waals surface area contributed by atoms with E-state index in [1.165, 1.54) is 0 Å². The zero-order valence-corrected chi connectivity index (χ0v) is 12.1. The molecule has 98 valence electrons.